The van der Waals surface area contributed by atoms with E-state index in [2.05, 4.69) is 48.0 Å². The van der Waals surface area contributed by atoms with Gasteiger partial charge in [-0.25, -0.2) is 0 Å². The average Bonchev–Trinajstić information content (AvgIpc) is 3.07. The Morgan fingerprint density at radius 1 is 0.429 bits per heavy atom. The van der Waals surface area contributed by atoms with Gasteiger partial charge in [0, 0.05) is 11.5 Å². The number of thioether (sulfide) groups is 2. The van der Waals surface area contributed by atoms with Crippen LogP contribution in [0.2, 0.25) is 9.88 Å². The Balaban J connectivity index is -0.000000798. The molecule has 0 aromatic heterocycles. The van der Waals surface area contributed by atoms with Gasteiger partial charge in [-0.05, 0) is 75.7 Å². The maximum atomic E-state index is 10.2. The molecule has 0 heterocycles. The standard InChI is InChI=1S/2C20H38O2S.2CH3.Sn/c2*1-2-3-4-5-6-7-8-9-10-11-12-13-14-15-16-17-18-23-19-20(21)22;;;/h2*9-10H,2-8,11-19H2,1H3,(H,21,22);2*1H3;/q;;;;+2/p-2. The van der Waals surface area contributed by atoms with E-state index < -0.39 is 11.9 Å². The molecular formula is C42H80O4S2Sn. The molecule has 0 aromatic carbocycles. The van der Waals surface area contributed by atoms with E-state index in [4.69, 9.17) is 0 Å². The third kappa shape index (κ3) is 63.4. The van der Waals surface area contributed by atoms with Crippen LogP contribution >= 0.6 is 23.5 Å². The Bertz CT molecular complexity index is 632. The zero-order valence-electron chi connectivity index (χ0n) is 32.9. The van der Waals surface area contributed by atoms with Crippen LogP contribution in [-0.4, -0.2) is 56.1 Å². The van der Waals surface area contributed by atoms with Crippen molar-refractivity contribution in [2.45, 2.75) is 204 Å². The fourth-order valence-electron chi connectivity index (χ4n) is 5.21. The van der Waals surface area contributed by atoms with Gasteiger partial charge in [0.2, 0.25) is 0 Å². The van der Waals surface area contributed by atoms with Crippen molar-refractivity contribution in [1.82, 2.24) is 0 Å². The molecule has 4 nitrogen and oxygen atoms in total. The number of unbranched alkanes of at least 4 members (excludes halogenated alkanes) is 24. The molecule has 0 aliphatic carbocycles. The number of rotatable bonds is 36. The molecule has 0 atom stereocenters. The molecule has 0 aromatic rings. The molecule has 0 saturated carbocycles. The van der Waals surface area contributed by atoms with Crippen molar-refractivity contribution in [1.29, 1.82) is 0 Å². The van der Waals surface area contributed by atoms with Crippen LogP contribution < -0.4 is 10.2 Å². The number of hydrogen-bond donors (Lipinski definition) is 0. The summed E-state index contributed by atoms with van der Waals surface area (Å²) in [5, 5.41) is 20.5. The molecule has 0 unspecified atom stereocenters. The third-order valence-electron chi connectivity index (χ3n) is 8.04. The van der Waals surface area contributed by atoms with E-state index in [-0.39, 0.29) is 32.6 Å². The van der Waals surface area contributed by atoms with Gasteiger partial charge in [-0.2, -0.15) is 23.5 Å². The first-order valence-corrected chi connectivity index (χ1v) is 28.4. The Morgan fingerprint density at radius 2 is 0.653 bits per heavy atom. The number of carboxylic acid groups (broad SMARTS) is 2. The molecule has 0 aliphatic heterocycles. The molecule has 0 rings (SSSR count). The topological polar surface area (TPSA) is 80.3 Å². The Morgan fingerprint density at radius 3 is 0.898 bits per heavy atom. The van der Waals surface area contributed by atoms with Crippen molar-refractivity contribution in [2.24, 2.45) is 0 Å². The summed E-state index contributed by atoms with van der Waals surface area (Å²) in [7, 11) is 0. The maximum absolute atomic E-state index is 10.2. The monoisotopic (exact) mass is 832 g/mol. The summed E-state index contributed by atoms with van der Waals surface area (Å²) in [6.45, 7) is 4.53. The summed E-state index contributed by atoms with van der Waals surface area (Å²) < 4.78 is 0. The zero-order valence-corrected chi connectivity index (χ0v) is 37.4. The van der Waals surface area contributed by atoms with Crippen LogP contribution in [0.1, 0.15) is 194 Å². The van der Waals surface area contributed by atoms with Gasteiger partial charge in [-0.15, -0.1) is 0 Å². The predicted octanol–water partition coefficient (Wildman–Crippen LogP) is 11.8. The van der Waals surface area contributed by atoms with Crippen molar-refractivity contribution in [3.8, 4) is 0 Å². The quantitative estimate of drug-likeness (QED) is 0.0355. The van der Waals surface area contributed by atoms with Crippen LogP contribution in [0.25, 0.3) is 0 Å². The predicted molar refractivity (Wildman–Crippen MR) is 221 cm³/mol. The van der Waals surface area contributed by atoms with Crippen molar-refractivity contribution in [3.05, 3.63) is 24.3 Å². The summed E-state index contributed by atoms with van der Waals surface area (Å²) in [4.78, 5) is 25.1. The van der Waals surface area contributed by atoms with E-state index in [0.29, 0.717) is 0 Å². The summed E-state index contributed by atoms with van der Waals surface area (Å²) >= 11 is 3.18. The number of carbonyl (C=O) groups excluding carboxylic acids is 2. The summed E-state index contributed by atoms with van der Waals surface area (Å²) in [5.74, 6) is 0.305. The Labute approximate surface area is 325 Å². The van der Waals surface area contributed by atoms with Crippen molar-refractivity contribution >= 4 is 56.6 Å². The van der Waals surface area contributed by atoms with E-state index in [9.17, 15) is 19.8 Å². The van der Waals surface area contributed by atoms with Gasteiger partial charge in [0.05, 0.1) is 11.9 Å². The minimum absolute atomic E-state index is 0.144. The van der Waals surface area contributed by atoms with Gasteiger partial charge in [-0.1, -0.05) is 154 Å². The van der Waals surface area contributed by atoms with Crippen LogP contribution in [0.15, 0.2) is 24.3 Å². The molecule has 49 heavy (non-hydrogen) atoms. The van der Waals surface area contributed by atoms with E-state index >= 15 is 0 Å². The van der Waals surface area contributed by atoms with Crippen LogP contribution in [-0.2, 0) is 9.59 Å². The zero-order chi connectivity index (χ0) is 36.7. The summed E-state index contributed by atoms with van der Waals surface area (Å²) in [6, 6.07) is 0. The van der Waals surface area contributed by atoms with Crippen LogP contribution in [0, 0.1) is 0 Å². The molecule has 0 fully saturated rings. The van der Waals surface area contributed by atoms with Gasteiger partial charge >= 0.3 is 31.0 Å². The molecule has 0 spiro atoms. The molecule has 0 radical (unpaired) electrons. The van der Waals surface area contributed by atoms with Crippen molar-refractivity contribution < 1.29 is 19.8 Å². The van der Waals surface area contributed by atoms with Crippen LogP contribution in [0.5, 0.6) is 0 Å². The second-order valence-corrected chi connectivity index (χ2v) is 18.3. The Hall–Kier alpha value is -0.0813. The third-order valence-corrected chi connectivity index (χ3v) is 10.1. The average molecular weight is 832 g/mol. The van der Waals surface area contributed by atoms with Crippen LogP contribution in [0.4, 0.5) is 0 Å². The van der Waals surface area contributed by atoms with E-state index in [1.54, 1.807) is 0 Å². The number of carboxylic acids is 2. The summed E-state index contributed by atoms with van der Waals surface area (Å²) in [6.07, 6.45) is 46.3. The van der Waals surface area contributed by atoms with Gasteiger partial charge in [0.1, 0.15) is 0 Å². The number of hydrogen-bond acceptors (Lipinski definition) is 6. The summed E-state index contributed by atoms with van der Waals surface area (Å²) in [5.41, 5.74) is 0. The minimum atomic E-state index is -0.945. The molecule has 0 bridgehead atoms. The molecule has 0 aliphatic rings. The van der Waals surface area contributed by atoms with Gasteiger partial charge < -0.3 is 19.8 Å². The number of aliphatic carboxylic acids is 2. The first kappa shape index (κ1) is 53.3. The van der Waals surface area contributed by atoms with E-state index in [1.165, 1.54) is 190 Å². The van der Waals surface area contributed by atoms with Gasteiger partial charge in [-0.3, -0.25) is 0 Å². The second kappa shape index (κ2) is 52.3. The van der Waals surface area contributed by atoms with Crippen molar-refractivity contribution in [3.63, 3.8) is 0 Å². The number of carbonyl (C=O) groups is 2. The fraction of sp³-hybridized carbons (Fsp3) is 0.857. The van der Waals surface area contributed by atoms with Gasteiger partial charge in [0.25, 0.3) is 0 Å². The first-order chi connectivity index (χ1) is 24.0. The molecular weight excluding hydrogens is 751 g/mol. The molecule has 7 heteroatoms. The van der Waals surface area contributed by atoms with Crippen molar-refractivity contribution in [2.75, 3.05) is 23.0 Å². The molecule has 0 saturated heterocycles. The molecule has 0 N–H and O–H groups in total. The SMILES string of the molecule is CCCCCCCCC=CCCCCCCCCSCC(=O)[O-].CCCCCCCCC=CCCCCCCCCSCC(=O)[O-].[CH3][Sn+2][CH3]. The number of allylic oxidation sites excluding steroid dienone is 4. The normalized spacial score (nSPS) is 10.9. The Kier molecular flexibility index (Phi) is 56.8. The van der Waals surface area contributed by atoms with Gasteiger partial charge in [0.15, 0.2) is 0 Å². The molecule has 288 valence electrons. The molecule has 0 amide bonds. The van der Waals surface area contributed by atoms with E-state index in [0.717, 1.165) is 24.3 Å². The first-order valence-electron chi connectivity index (χ1n) is 20.4. The van der Waals surface area contributed by atoms with Crippen LogP contribution in [0.3, 0.4) is 0 Å². The second-order valence-electron chi connectivity index (χ2n) is 13.2. The fourth-order valence-corrected chi connectivity index (χ4v) is 6.65. The van der Waals surface area contributed by atoms with E-state index in [1.807, 2.05) is 0 Å².